The lowest BCUT2D eigenvalue weighted by molar-refractivity contribution is -0.134. The van der Waals surface area contributed by atoms with Crippen LogP contribution in [0.25, 0.3) is 10.9 Å². The van der Waals surface area contributed by atoms with E-state index in [0.29, 0.717) is 39.8 Å². The zero-order valence-corrected chi connectivity index (χ0v) is 17.0. The second kappa shape index (κ2) is 9.43. The molecule has 0 fully saturated rings. The summed E-state index contributed by atoms with van der Waals surface area (Å²) in [6, 6.07) is 12.0. The van der Waals surface area contributed by atoms with Crippen LogP contribution in [0.4, 0.5) is 0 Å². The lowest BCUT2D eigenvalue weighted by atomic mass is 10.2. The lowest BCUT2D eigenvalue weighted by Gasteiger charge is -2.22. The Balaban J connectivity index is 1.76. The molecule has 1 amide bonds. The summed E-state index contributed by atoms with van der Waals surface area (Å²) < 4.78 is 10.9. The van der Waals surface area contributed by atoms with E-state index in [1.54, 1.807) is 48.4 Å². The molecule has 0 aliphatic heterocycles. The Labute approximate surface area is 173 Å². The minimum atomic E-state index is -0.268. The number of nitrogens with zero attached hydrogens (tertiary/aromatic N) is 2. The van der Waals surface area contributed by atoms with Crippen LogP contribution in [0.2, 0.25) is 5.02 Å². The number of carbonyl (C=O) groups excluding carboxylic acids is 1. The highest BCUT2D eigenvalue weighted by Crippen LogP contribution is 2.25. The fourth-order valence-corrected chi connectivity index (χ4v) is 3.11. The van der Waals surface area contributed by atoms with E-state index < -0.39 is 0 Å². The maximum absolute atomic E-state index is 12.7. The summed E-state index contributed by atoms with van der Waals surface area (Å²) in [5, 5.41) is 0.944. The van der Waals surface area contributed by atoms with E-state index >= 15 is 0 Å². The molecule has 0 spiro atoms. The third-order valence-corrected chi connectivity index (χ3v) is 4.56. The molecule has 0 unspecified atom stereocenters. The van der Waals surface area contributed by atoms with Gasteiger partial charge < -0.3 is 19.4 Å². The summed E-state index contributed by atoms with van der Waals surface area (Å²) in [7, 11) is 1.54. The third kappa shape index (κ3) is 5.06. The van der Waals surface area contributed by atoms with Gasteiger partial charge in [0, 0.05) is 11.6 Å². The summed E-state index contributed by atoms with van der Waals surface area (Å²) in [5.41, 5.74) is 0.223. The summed E-state index contributed by atoms with van der Waals surface area (Å²) in [5.74, 6) is 1.22. The van der Waals surface area contributed by atoms with Crippen LogP contribution >= 0.6 is 11.6 Å². The molecule has 0 saturated carbocycles. The third-order valence-electron chi connectivity index (χ3n) is 4.32. The summed E-state index contributed by atoms with van der Waals surface area (Å²) in [4.78, 5) is 33.8. The molecular formula is C21H22ClN3O4. The molecule has 152 valence electrons. The molecule has 8 heteroatoms. The van der Waals surface area contributed by atoms with Gasteiger partial charge in [0.2, 0.25) is 0 Å². The van der Waals surface area contributed by atoms with E-state index in [0.717, 1.165) is 6.42 Å². The molecule has 2 aromatic carbocycles. The van der Waals surface area contributed by atoms with Gasteiger partial charge in [-0.3, -0.25) is 9.59 Å². The van der Waals surface area contributed by atoms with Gasteiger partial charge in [0.15, 0.2) is 18.1 Å². The van der Waals surface area contributed by atoms with Gasteiger partial charge in [0.1, 0.15) is 5.82 Å². The number of fused-ring (bicyclic) bond motifs is 1. The second-order valence-electron chi connectivity index (χ2n) is 6.43. The normalized spacial score (nSPS) is 10.7. The first-order chi connectivity index (χ1) is 14.0. The molecule has 1 heterocycles. The Morgan fingerprint density at radius 3 is 2.69 bits per heavy atom. The first-order valence-electron chi connectivity index (χ1n) is 9.24. The van der Waals surface area contributed by atoms with E-state index in [4.69, 9.17) is 21.1 Å². The van der Waals surface area contributed by atoms with Crippen LogP contribution in [-0.4, -0.2) is 41.0 Å². The fraction of sp³-hybridized carbons (Fsp3) is 0.286. The SMILES string of the molecule is CCCN(Cc1nc2cc(Cl)ccc2c(=O)[nH]1)C(=O)COc1ccccc1OC. The molecule has 0 radical (unpaired) electrons. The van der Waals surface area contributed by atoms with Crippen molar-refractivity contribution < 1.29 is 14.3 Å². The van der Waals surface area contributed by atoms with Crippen LogP contribution in [-0.2, 0) is 11.3 Å². The number of aromatic amines is 1. The van der Waals surface area contributed by atoms with Crippen molar-refractivity contribution in [3.05, 3.63) is 63.7 Å². The molecule has 1 N–H and O–H groups in total. The highest BCUT2D eigenvalue weighted by atomic mass is 35.5. The zero-order valence-electron chi connectivity index (χ0n) is 16.3. The van der Waals surface area contributed by atoms with Crippen LogP contribution < -0.4 is 15.0 Å². The molecule has 0 aliphatic rings. The minimum Gasteiger partial charge on any atom is -0.493 e. The molecular weight excluding hydrogens is 394 g/mol. The maximum Gasteiger partial charge on any atom is 0.260 e. The van der Waals surface area contributed by atoms with Crippen LogP contribution in [0, 0.1) is 0 Å². The number of rotatable bonds is 8. The number of ether oxygens (including phenoxy) is 2. The number of aromatic nitrogens is 2. The number of hydrogen-bond acceptors (Lipinski definition) is 5. The second-order valence-corrected chi connectivity index (χ2v) is 6.87. The Morgan fingerprint density at radius 2 is 1.97 bits per heavy atom. The molecule has 1 aromatic heterocycles. The van der Waals surface area contributed by atoms with Crippen LogP contribution in [0.5, 0.6) is 11.5 Å². The molecule has 0 bridgehead atoms. The number of amides is 1. The fourth-order valence-electron chi connectivity index (χ4n) is 2.95. The number of halogens is 1. The van der Waals surface area contributed by atoms with Crippen molar-refractivity contribution in [2.45, 2.75) is 19.9 Å². The van der Waals surface area contributed by atoms with Gasteiger partial charge in [-0.1, -0.05) is 30.7 Å². The number of carbonyl (C=O) groups is 1. The highest BCUT2D eigenvalue weighted by Gasteiger charge is 2.17. The van der Waals surface area contributed by atoms with Crippen LogP contribution in [0.1, 0.15) is 19.2 Å². The summed E-state index contributed by atoms with van der Waals surface area (Å²) in [6.45, 7) is 2.49. The molecule has 0 aliphatic carbocycles. The van der Waals surface area contributed by atoms with Crippen molar-refractivity contribution in [1.82, 2.24) is 14.9 Å². The van der Waals surface area contributed by atoms with Gasteiger partial charge >= 0.3 is 0 Å². The molecule has 3 aromatic rings. The Kier molecular flexibility index (Phi) is 6.72. The zero-order chi connectivity index (χ0) is 20.8. The number of nitrogens with one attached hydrogen (secondary N) is 1. The number of H-pyrrole nitrogens is 1. The van der Waals surface area contributed by atoms with Crippen molar-refractivity contribution in [2.75, 3.05) is 20.3 Å². The standard InChI is InChI=1S/C21H22ClN3O4/c1-3-10-25(20(26)13-29-18-7-5-4-6-17(18)28-2)12-19-23-16-11-14(22)8-9-15(16)21(27)24-19/h4-9,11H,3,10,12-13H2,1-2H3,(H,23,24,27). The van der Waals surface area contributed by atoms with Crippen molar-refractivity contribution in [3.63, 3.8) is 0 Å². The maximum atomic E-state index is 12.7. The van der Waals surface area contributed by atoms with Gasteiger partial charge in [-0.25, -0.2) is 4.98 Å². The number of hydrogen-bond donors (Lipinski definition) is 1. The van der Waals surface area contributed by atoms with E-state index in [1.165, 1.54) is 0 Å². The van der Waals surface area contributed by atoms with Crippen molar-refractivity contribution in [3.8, 4) is 11.5 Å². The first kappa shape index (κ1) is 20.7. The summed E-state index contributed by atoms with van der Waals surface area (Å²) in [6.07, 6.45) is 0.754. The average molecular weight is 416 g/mol. The van der Waals surface area contributed by atoms with Gasteiger partial charge in [0.25, 0.3) is 11.5 Å². The average Bonchev–Trinajstić information content (AvgIpc) is 2.71. The van der Waals surface area contributed by atoms with Crippen LogP contribution in [0.15, 0.2) is 47.3 Å². The topological polar surface area (TPSA) is 84.5 Å². The monoisotopic (exact) mass is 415 g/mol. The Hall–Kier alpha value is -3.06. The molecule has 0 saturated heterocycles. The molecule has 7 nitrogen and oxygen atoms in total. The van der Waals surface area contributed by atoms with Crippen molar-refractivity contribution >= 4 is 28.4 Å². The minimum absolute atomic E-state index is 0.149. The summed E-state index contributed by atoms with van der Waals surface area (Å²) >= 11 is 6.01. The lowest BCUT2D eigenvalue weighted by Crippen LogP contribution is -2.36. The number of benzene rings is 2. The molecule has 3 rings (SSSR count). The number of para-hydroxylation sites is 2. The molecule has 29 heavy (non-hydrogen) atoms. The predicted octanol–water partition coefficient (Wildman–Crippen LogP) is 3.40. The van der Waals surface area contributed by atoms with E-state index in [2.05, 4.69) is 9.97 Å². The van der Waals surface area contributed by atoms with E-state index in [-0.39, 0.29) is 24.6 Å². The van der Waals surface area contributed by atoms with Crippen molar-refractivity contribution in [2.24, 2.45) is 0 Å². The van der Waals surface area contributed by atoms with Crippen LogP contribution in [0.3, 0.4) is 0 Å². The Bertz CT molecular complexity index is 1070. The van der Waals surface area contributed by atoms with E-state index in [9.17, 15) is 9.59 Å². The molecule has 0 atom stereocenters. The van der Waals surface area contributed by atoms with E-state index in [1.807, 2.05) is 13.0 Å². The van der Waals surface area contributed by atoms with Gasteiger partial charge in [-0.15, -0.1) is 0 Å². The van der Waals surface area contributed by atoms with Gasteiger partial charge in [-0.05, 0) is 36.8 Å². The quantitative estimate of drug-likeness (QED) is 0.609. The number of methoxy groups -OCH3 is 1. The Morgan fingerprint density at radius 1 is 1.21 bits per heavy atom. The van der Waals surface area contributed by atoms with Gasteiger partial charge in [0.05, 0.1) is 24.6 Å². The highest BCUT2D eigenvalue weighted by molar-refractivity contribution is 6.31. The van der Waals surface area contributed by atoms with Gasteiger partial charge in [-0.2, -0.15) is 0 Å². The largest absolute Gasteiger partial charge is 0.493 e. The predicted molar refractivity (Wildman–Crippen MR) is 112 cm³/mol. The first-order valence-corrected chi connectivity index (χ1v) is 9.61. The smallest absolute Gasteiger partial charge is 0.260 e. The van der Waals surface area contributed by atoms with Crippen molar-refractivity contribution in [1.29, 1.82) is 0 Å².